The molecule has 90 valence electrons. The van der Waals surface area contributed by atoms with Crippen LogP contribution in [0.4, 0.5) is 5.69 Å². The Labute approximate surface area is 99.5 Å². The van der Waals surface area contributed by atoms with Gasteiger partial charge in [0.1, 0.15) is 0 Å². The molecular formula is C14H24N2. The maximum absolute atomic E-state index is 5.99. The molecule has 0 amide bonds. The van der Waals surface area contributed by atoms with Crippen molar-refractivity contribution < 1.29 is 0 Å². The van der Waals surface area contributed by atoms with Crippen molar-refractivity contribution in [3.8, 4) is 0 Å². The molecule has 0 aliphatic heterocycles. The molecule has 16 heavy (non-hydrogen) atoms. The Hall–Kier alpha value is -1.02. The van der Waals surface area contributed by atoms with Gasteiger partial charge in [0.05, 0.1) is 0 Å². The number of aryl methyl sites for hydroxylation is 1. The van der Waals surface area contributed by atoms with Gasteiger partial charge in [-0.1, -0.05) is 31.5 Å². The molecule has 1 rings (SSSR count). The van der Waals surface area contributed by atoms with Crippen LogP contribution in [-0.4, -0.2) is 18.0 Å². The minimum absolute atomic E-state index is 0.569. The van der Waals surface area contributed by atoms with Gasteiger partial charge in [0.25, 0.3) is 0 Å². The maximum Gasteiger partial charge on any atom is 0.0359 e. The lowest BCUT2D eigenvalue weighted by Gasteiger charge is -2.28. The molecule has 0 fully saturated rings. The van der Waals surface area contributed by atoms with Crippen molar-refractivity contribution in [1.82, 2.24) is 4.90 Å². The largest absolute Gasteiger partial charge is 0.398 e. The van der Waals surface area contributed by atoms with Gasteiger partial charge in [0.2, 0.25) is 0 Å². The molecule has 1 aromatic rings. The minimum Gasteiger partial charge on any atom is -0.398 e. The van der Waals surface area contributed by atoms with E-state index in [9.17, 15) is 0 Å². The zero-order valence-corrected chi connectivity index (χ0v) is 11.1. The van der Waals surface area contributed by atoms with Gasteiger partial charge in [-0.3, -0.25) is 4.90 Å². The molecule has 1 aromatic carbocycles. The van der Waals surface area contributed by atoms with Crippen molar-refractivity contribution in [2.75, 3.05) is 12.8 Å². The molecule has 2 nitrogen and oxygen atoms in total. The van der Waals surface area contributed by atoms with Crippen LogP contribution >= 0.6 is 0 Å². The van der Waals surface area contributed by atoms with E-state index in [0.29, 0.717) is 12.0 Å². The van der Waals surface area contributed by atoms with Crippen LogP contribution in [0.15, 0.2) is 18.2 Å². The van der Waals surface area contributed by atoms with Gasteiger partial charge in [-0.2, -0.15) is 0 Å². The highest BCUT2D eigenvalue weighted by atomic mass is 15.1. The molecule has 1 unspecified atom stereocenters. The molecule has 1 atom stereocenters. The predicted molar refractivity (Wildman–Crippen MR) is 71.4 cm³/mol. The second-order valence-corrected chi connectivity index (χ2v) is 5.10. The van der Waals surface area contributed by atoms with Gasteiger partial charge < -0.3 is 5.73 Å². The fourth-order valence-electron chi connectivity index (χ4n) is 1.79. The van der Waals surface area contributed by atoms with E-state index in [2.05, 4.69) is 51.8 Å². The molecular weight excluding hydrogens is 196 g/mol. The second-order valence-electron chi connectivity index (χ2n) is 5.10. The van der Waals surface area contributed by atoms with Crippen molar-refractivity contribution in [3.63, 3.8) is 0 Å². The average molecular weight is 220 g/mol. The van der Waals surface area contributed by atoms with Crippen LogP contribution in [0, 0.1) is 12.8 Å². The van der Waals surface area contributed by atoms with Gasteiger partial charge in [-0.05, 0) is 38.4 Å². The maximum atomic E-state index is 5.99. The quantitative estimate of drug-likeness (QED) is 0.790. The Morgan fingerprint density at radius 3 is 2.44 bits per heavy atom. The van der Waals surface area contributed by atoms with Crippen LogP contribution < -0.4 is 5.73 Å². The van der Waals surface area contributed by atoms with Crippen LogP contribution in [0.5, 0.6) is 0 Å². The lowest BCUT2D eigenvalue weighted by Crippen LogP contribution is -2.32. The fraction of sp³-hybridized carbons (Fsp3) is 0.571. The minimum atomic E-state index is 0.569. The number of nitrogen functional groups attached to an aromatic ring is 1. The third-order valence-electron chi connectivity index (χ3n) is 3.38. The van der Waals surface area contributed by atoms with E-state index in [0.717, 1.165) is 12.2 Å². The lowest BCUT2D eigenvalue weighted by molar-refractivity contribution is 0.201. The number of nitrogens with two attached hydrogens (primary N) is 1. The number of nitrogens with zero attached hydrogens (tertiary/aromatic N) is 1. The van der Waals surface area contributed by atoms with Gasteiger partial charge in [0, 0.05) is 18.3 Å². The first kappa shape index (κ1) is 13.0. The highest BCUT2D eigenvalue weighted by Gasteiger charge is 2.14. The number of rotatable bonds is 4. The number of benzene rings is 1. The average Bonchev–Trinajstić information content (AvgIpc) is 2.22. The highest BCUT2D eigenvalue weighted by Crippen LogP contribution is 2.18. The van der Waals surface area contributed by atoms with E-state index in [-0.39, 0.29) is 0 Å². The van der Waals surface area contributed by atoms with E-state index in [1.165, 1.54) is 11.1 Å². The zero-order valence-electron chi connectivity index (χ0n) is 11.1. The standard InChI is InChI=1S/C14H24N2/c1-10(2)12(4)16(5)9-13-8-11(3)6-7-14(13)15/h6-8,10,12H,9,15H2,1-5H3. The van der Waals surface area contributed by atoms with E-state index in [1.807, 2.05) is 6.07 Å². The SMILES string of the molecule is Cc1ccc(N)c(CN(C)C(C)C(C)C)c1. The smallest absolute Gasteiger partial charge is 0.0359 e. The highest BCUT2D eigenvalue weighted by molar-refractivity contribution is 5.48. The predicted octanol–water partition coefficient (Wildman–Crippen LogP) is 3.05. The molecule has 0 bridgehead atoms. The van der Waals surface area contributed by atoms with E-state index < -0.39 is 0 Å². The van der Waals surface area contributed by atoms with Gasteiger partial charge >= 0.3 is 0 Å². The van der Waals surface area contributed by atoms with E-state index in [4.69, 9.17) is 5.73 Å². The molecule has 0 saturated heterocycles. The summed E-state index contributed by atoms with van der Waals surface area (Å²) >= 11 is 0. The molecule has 0 aliphatic carbocycles. The molecule has 2 N–H and O–H groups in total. The van der Waals surface area contributed by atoms with E-state index in [1.54, 1.807) is 0 Å². The Morgan fingerprint density at radius 1 is 1.25 bits per heavy atom. The summed E-state index contributed by atoms with van der Waals surface area (Å²) in [6, 6.07) is 6.81. The van der Waals surface area contributed by atoms with Crippen LogP contribution in [0.25, 0.3) is 0 Å². The number of hydrogen-bond donors (Lipinski definition) is 1. The topological polar surface area (TPSA) is 29.3 Å². The summed E-state index contributed by atoms with van der Waals surface area (Å²) in [7, 11) is 2.16. The summed E-state index contributed by atoms with van der Waals surface area (Å²) in [6.07, 6.45) is 0. The lowest BCUT2D eigenvalue weighted by atomic mass is 10.0. The summed E-state index contributed by atoms with van der Waals surface area (Å²) in [6.45, 7) is 9.79. The number of hydrogen-bond acceptors (Lipinski definition) is 2. The first-order valence-electron chi connectivity index (χ1n) is 5.97. The second kappa shape index (κ2) is 5.35. The Balaban J connectivity index is 2.76. The van der Waals surface area contributed by atoms with Crippen molar-refractivity contribution >= 4 is 5.69 Å². The monoisotopic (exact) mass is 220 g/mol. The van der Waals surface area contributed by atoms with Crippen molar-refractivity contribution in [3.05, 3.63) is 29.3 Å². The molecule has 0 saturated carbocycles. The first-order chi connectivity index (χ1) is 7.41. The summed E-state index contributed by atoms with van der Waals surface area (Å²) in [5.41, 5.74) is 9.39. The van der Waals surface area contributed by atoms with Crippen LogP contribution in [-0.2, 0) is 6.54 Å². The summed E-state index contributed by atoms with van der Waals surface area (Å²) in [4.78, 5) is 2.36. The fourth-order valence-corrected chi connectivity index (χ4v) is 1.79. The molecule has 0 aliphatic rings. The molecule has 0 spiro atoms. The first-order valence-corrected chi connectivity index (χ1v) is 5.97. The van der Waals surface area contributed by atoms with Gasteiger partial charge in [-0.25, -0.2) is 0 Å². The normalized spacial score (nSPS) is 13.4. The summed E-state index contributed by atoms with van der Waals surface area (Å²) < 4.78 is 0. The van der Waals surface area contributed by atoms with Crippen LogP contribution in [0.2, 0.25) is 0 Å². The van der Waals surface area contributed by atoms with Crippen molar-refractivity contribution in [2.45, 2.75) is 40.3 Å². The molecule has 0 radical (unpaired) electrons. The van der Waals surface area contributed by atoms with Crippen molar-refractivity contribution in [1.29, 1.82) is 0 Å². The Morgan fingerprint density at radius 2 is 1.88 bits per heavy atom. The molecule has 0 aromatic heterocycles. The summed E-state index contributed by atoms with van der Waals surface area (Å²) in [5.74, 6) is 0.663. The Kier molecular flexibility index (Phi) is 4.36. The molecule has 0 heterocycles. The summed E-state index contributed by atoms with van der Waals surface area (Å²) in [5, 5.41) is 0. The Bertz CT molecular complexity index is 345. The van der Waals surface area contributed by atoms with Gasteiger partial charge in [0.15, 0.2) is 0 Å². The third kappa shape index (κ3) is 3.24. The molecule has 2 heteroatoms. The van der Waals surface area contributed by atoms with Crippen LogP contribution in [0.3, 0.4) is 0 Å². The van der Waals surface area contributed by atoms with Gasteiger partial charge in [-0.15, -0.1) is 0 Å². The van der Waals surface area contributed by atoms with Crippen LogP contribution in [0.1, 0.15) is 31.9 Å². The zero-order chi connectivity index (χ0) is 12.3. The van der Waals surface area contributed by atoms with Crippen molar-refractivity contribution in [2.24, 2.45) is 5.92 Å². The third-order valence-corrected chi connectivity index (χ3v) is 3.38. The van der Waals surface area contributed by atoms with E-state index >= 15 is 0 Å². The number of anilines is 1.